The van der Waals surface area contributed by atoms with Crippen LogP contribution in [0.4, 0.5) is 5.69 Å². The molecule has 3 N–H and O–H groups in total. The van der Waals surface area contributed by atoms with Gasteiger partial charge in [-0.2, -0.15) is 0 Å². The summed E-state index contributed by atoms with van der Waals surface area (Å²) in [6, 6.07) is 20.5. The second-order valence-electron chi connectivity index (χ2n) is 7.36. The fourth-order valence-corrected chi connectivity index (χ4v) is 3.65. The van der Waals surface area contributed by atoms with E-state index in [0.717, 1.165) is 22.1 Å². The molecule has 0 aliphatic rings. The number of carbonyl (C=O) groups excluding carboxylic acids is 2. The highest BCUT2D eigenvalue weighted by Gasteiger charge is 2.16. The fraction of sp³-hybridized carbons (Fsp3) is 0.154. The first-order chi connectivity index (χ1) is 15.6. The maximum absolute atomic E-state index is 13.2. The minimum Gasteiger partial charge on any atom is -0.466 e. The van der Waals surface area contributed by atoms with E-state index in [1.165, 1.54) is 0 Å². The zero-order chi connectivity index (χ0) is 22.5. The number of esters is 1. The maximum Gasteiger partial charge on any atom is 0.310 e. The van der Waals surface area contributed by atoms with E-state index in [1.54, 1.807) is 31.4 Å². The minimum atomic E-state index is -0.337. The van der Waals surface area contributed by atoms with E-state index < -0.39 is 0 Å². The topological polar surface area (TPSA) is 94.6 Å². The van der Waals surface area contributed by atoms with Gasteiger partial charge in [0.05, 0.1) is 19.3 Å². The Labute approximate surface area is 186 Å². The zero-order valence-electron chi connectivity index (χ0n) is 17.8. The molecular formula is C26H24N2O4. The van der Waals surface area contributed by atoms with Crippen molar-refractivity contribution in [2.75, 3.05) is 11.9 Å². The largest absolute Gasteiger partial charge is 0.466 e. The molecule has 0 aliphatic carbocycles. The fourth-order valence-electron chi connectivity index (χ4n) is 3.65. The number of hydrogen-bond donors (Lipinski definition) is 2. The molecule has 162 valence electrons. The Morgan fingerprint density at radius 2 is 1.88 bits per heavy atom. The molecule has 4 aromatic rings. The SMILES string of the molecule is CCOC(=O)Cc1ccccc1NC(=O)c1cc(-c2cccc(CN)c2)c2occc2c1. The van der Waals surface area contributed by atoms with Gasteiger partial charge in [-0.3, -0.25) is 9.59 Å². The van der Waals surface area contributed by atoms with E-state index in [1.807, 2.05) is 48.5 Å². The number of hydrogen-bond acceptors (Lipinski definition) is 5. The molecule has 0 spiro atoms. The van der Waals surface area contributed by atoms with Gasteiger partial charge in [-0.1, -0.05) is 36.4 Å². The molecule has 6 nitrogen and oxygen atoms in total. The third-order valence-corrected chi connectivity index (χ3v) is 5.19. The molecule has 0 atom stereocenters. The van der Waals surface area contributed by atoms with Crippen LogP contribution in [-0.2, 0) is 22.5 Å². The van der Waals surface area contributed by atoms with Gasteiger partial charge in [-0.15, -0.1) is 0 Å². The van der Waals surface area contributed by atoms with Crippen molar-refractivity contribution < 1.29 is 18.7 Å². The number of fused-ring (bicyclic) bond motifs is 1. The number of carbonyl (C=O) groups is 2. The van der Waals surface area contributed by atoms with E-state index in [4.69, 9.17) is 14.9 Å². The Bertz CT molecular complexity index is 1280. The first-order valence-corrected chi connectivity index (χ1v) is 10.4. The molecule has 0 fully saturated rings. The van der Waals surface area contributed by atoms with Crippen LogP contribution >= 0.6 is 0 Å². The molecular weight excluding hydrogens is 404 g/mol. The minimum absolute atomic E-state index is 0.0855. The van der Waals surface area contributed by atoms with Crippen molar-refractivity contribution in [2.24, 2.45) is 5.73 Å². The monoisotopic (exact) mass is 428 g/mol. The zero-order valence-corrected chi connectivity index (χ0v) is 17.8. The van der Waals surface area contributed by atoms with E-state index in [0.29, 0.717) is 35.5 Å². The van der Waals surface area contributed by atoms with Crippen LogP contribution in [0.3, 0.4) is 0 Å². The molecule has 3 aromatic carbocycles. The smallest absolute Gasteiger partial charge is 0.310 e. The quantitative estimate of drug-likeness (QED) is 0.408. The number of amides is 1. The van der Waals surface area contributed by atoms with Gasteiger partial charge in [0.2, 0.25) is 0 Å². The van der Waals surface area contributed by atoms with Crippen molar-refractivity contribution in [3.63, 3.8) is 0 Å². The molecule has 0 bridgehead atoms. The van der Waals surface area contributed by atoms with Crippen molar-refractivity contribution >= 4 is 28.5 Å². The summed E-state index contributed by atoms with van der Waals surface area (Å²) in [6.45, 7) is 2.50. The Balaban J connectivity index is 1.68. The average Bonchev–Trinajstić information content (AvgIpc) is 3.28. The van der Waals surface area contributed by atoms with Crippen LogP contribution < -0.4 is 11.1 Å². The second-order valence-corrected chi connectivity index (χ2v) is 7.36. The first-order valence-electron chi connectivity index (χ1n) is 10.4. The summed E-state index contributed by atoms with van der Waals surface area (Å²) in [7, 11) is 0. The van der Waals surface area contributed by atoms with Gasteiger partial charge in [-0.05, 0) is 53.9 Å². The van der Waals surface area contributed by atoms with E-state index >= 15 is 0 Å². The Hall–Kier alpha value is -3.90. The highest BCUT2D eigenvalue weighted by Crippen LogP contribution is 2.32. The number of ether oxygens (including phenoxy) is 1. The van der Waals surface area contributed by atoms with Crippen LogP contribution in [0.2, 0.25) is 0 Å². The third-order valence-electron chi connectivity index (χ3n) is 5.19. The number of nitrogens with one attached hydrogen (secondary N) is 1. The third kappa shape index (κ3) is 4.55. The molecule has 4 rings (SSSR count). The highest BCUT2D eigenvalue weighted by molar-refractivity contribution is 6.09. The standard InChI is InChI=1S/C26H24N2O4/c1-2-31-24(29)15-19-7-3-4-9-23(19)28-26(30)21-13-20-10-11-32-25(20)22(14-21)18-8-5-6-17(12-18)16-27/h3-14H,2,15-16,27H2,1H3,(H,28,30). The number of nitrogens with two attached hydrogens (primary N) is 1. The van der Waals surface area contributed by atoms with Crippen molar-refractivity contribution in [1.82, 2.24) is 0 Å². The Kier molecular flexibility index (Phi) is 6.33. The van der Waals surface area contributed by atoms with E-state index in [-0.39, 0.29) is 18.3 Å². The van der Waals surface area contributed by atoms with Crippen molar-refractivity contribution in [2.45, 2.75) is 19.9 Å². The average molecular weight is 428 g/mol. The molecule has 0 aliphatic heterocycles. The van der Waals surface area contributed by atoms with Crippen LogP contribution in [0.5, 0.6) is 0 Å². The lowest BCUT2D eigenvalue weighted by Crippen LogP contribution is -2.15. The summed E-state index contributed by atoms with van der Waals surface area (Å²) in [5.41, 5.74) is 11.0. The van der Waals surface area contributed by atoms with Gasteiger partial charge in [0.1, 0.15) is 5.58 Å². The highest BCUT2D eigenvalue weighted by atomic mass is 16.5. The summed E-state index contributed by atoms with van der Waals surface area (Å²) < 4.78 is 10.7. The van der Waals surface area contributed by atoms with Crippen LogP contribution in [0.15, 0.2) is 77.4 Å². The van der Waals surface area contributed by atoms with Gasteiger partial charge < -0.3 is 20.2 Å². The second kappa shape index (κ2) is 9.49. The Morgan fingerprint density at radius 1 is 1.03 bits per heavy atom. The predicted octanol–water partition coefficient (Wildman–Crippen LogP) is 4.92. The number of para-hydroxylation sites is 1. The number of rotatable bonds is 7. The van der Waals surface area contributed by atoms with Crippen LogP contribution in [0.1, 0.15) is 28.4 Å². The summed E-state index contributed by atoms with van der Waals surface area (Å²) in [4.78, 5) is 25.1. The lowest BCUT2D eigenvalue weighted by molar-refractivity contribution is -0.142. The number of benzene rings is 3. The molecule has 0 saturated carbocycles. The summed E-state index contributed by atoms with van der Waals surface area (Å²) in [5.74, 6) is -0.614. The van der Waals surface area contributed by atoms with E-state index in [9.17, 15) is 9.59 Å². The van der Waals surface area contributed by atoms with Gasteiger partial charge in [0.15, 0.2) is 0 Å². The van der Waals surface area contributed by atoms with Crippen molar-refractivity contribution in [3.8, 4) is 11.1 Å². The predicted molar refractivity (Wildman–Crippen MR) is 124 cm³/mol. The lowest BCUT2D eigenvalue weighted by Gasteiger charge is -2.12. The molecule has 32 heavy (non-hydrogen) atoms. The molecule has 1 heterocycles. The van der Waals surface area contributed by atoms with Gasteiger partial charge >= 0.3 is 5.97 Å². The Morgan fingerprint density at radius 3 is 2.69 bits per heavy atom. The molecule has 1 amide bonds. The maximum atomic E-state index is 13.2. The van der Waals surface area contributed by atoms with Crippen LogP contribution in [-0.4, -0.2) is 18.5 Å². The summed E-state index contributed by atoms with van der Waals surface area (Å²) >= 11 is 0. The molecule has 6 heteroatoms. The van der Waals surface area contributed by atoms with Gasteiger partial charge in [0, 0.05) is 28.7 Å². The number of furan rings is 1. The summed E-state index contributed by atoms with van der Waals surface area (Å²) in [6.07, 6.45) is 1.69. The van der Waals surface area contributed by atoms with Crippen molar-refractivity contribution in [3.05, 3.63) is 89.7 Å². The molecule has 0 radical (unpaired) electrons. The van der Waals surface area contributed by atoms with E-state index in [2.05, 4.69) is 5.32 Å². The summed E-state index contributed by atoms with van der Waals surface area (Å²) in [5, 5.41) is 3.76. The van der Waals surface area contributed by atoms with Crippen LogP contribution in [0.25, 0.3) is 22.1 Å². The first kappa shape index (κ1) is 21.3. The van der Waals surface area contributed by atoms with Crippen molar-refractivity contribution in [1.29, 1.82) is 0 Å². The molecule has 1 aromatic heterocycles. The van der Waals surface area contributed by atoms with Crippen LogP contribution in [0, 0.1) is 0 Å². The van der Waals surface area contributed by atoms with Gasteiger partial charge in [0.25, 0.3) is 5.91 Å². The molecule has 0 unspecified atom stereocenters. The normalized spacial score (nSPS) is 10.8. The number of anilines is 1. The molecule has 0 saturated heterocycles. The lowest BCUT2D eigenvalue weighted by atomic mass is 9.98. The van der Waals surface area contributed by atoms with Gasteiger partial charge in [-0.25, -0.2) is 0 Å².